The van der Waals surface area contributed by atoms with E-state index in [1.165, 1.54) is 19.1 Å². The number of amides is 1. The molecule has 0 aliphatic carbocycles. The normalized spacial score (nSPS) is 11.4. The largest absolute Gasteiger partial charge is 0.449 e. The lowest BCUT2D eigenvalue weighted by atomic mass is 10.1. The van der Waals surface area contributed by atoms with Gasteiger partial charge in [0.15, 0.2) is 6.10 Å². The summed E-state index contributed by atoms with van der Waals surface area (Å²) in [6.45, 7) is 3.72. The van der Waals surface area contributed by atoms with E-state index >= 15 is 0 Å². The van der Waals surface area contributed by atoms with E-state index in [4.69, 9.17) is 4.74 Å². The van der Waals surface area contributed by atoms with Crippen molar-refractivity contribution in [1.82, 2.24) is 5.32 Å². The number of nitro groups is 1. The lowest BCUT2D eigenvalue weighted by molar-refractivity contribution is -0.384. The number of nitrogens with zero attached hydrogens (tertiary/aromatic N) is 1. The fourth-order valence-electron chi connectivity index (χ4n) is 2.34. The number of rotatable bonds is 7. The first-order valence-electron chi connectivity index (χ1n) is 8.32. The summed E-state index contributed by atoms with van der Waals surface area (Å²) in [6, 6.07) is 11.6. The standard InChI is InChI=1S/C19H21N3O5/c1-12-4-6-14(7-5-12)11-21-18(23)13(2)27-19(24)15-8-9-16(20-3)17(10-15)22(25)26/h4-10,13,20H,11H2,1-3H3,(H,21,23)/t13-/m0/s1. The van der Waals surface area contributed by atoms with Crippen LogP contribution in [-0.4, -0.2) is 30.0 Å². The molecule has 0 unspecified atom stereocenters. The van der Waals surface area contributed by atoms with Gasteiger partial charge < -0.3 is 15.4 Å². The Bertz CT molecular complexity index is 849. The zero-order chi connectivity index (χ0) is 20.0. The van der Waals surface area contributed by atoms with Gasteiger partial charge in [0, 0.05) is 19.7 Å². The molecule has 0 aliphatic rings. The van der Waals surface area contributed by atoms with Crippen molar-refractivity contribution in [2.75, 3.05) is 12.4 Å². The van der Waals surface area contributed by atoms with Gasteiger partial charge in [0.1, 0.15) is 5.69 Å². The number of ether oxygens (including phenoxy) is 1. The van der Waals surface area contributed by atoms with Gasteiger partial charge in [-0.1, -0.05) is 29.8 Å². The maximum Gasteiger partial charge on any atom is 0.339 e. The van der Waals surface area contributed by atoms with E-state index < -0.39 is 22.9 Å². The summed E-state index contributed by atoms with van der Waals surface area (Å²) in [5.41, 5.74) is 2.07. The SMILES string of the molecule is CNc1ccc(C(=O)O[C@@H](C)C(=O)NCc2ccc(C)cc2)cc1[N+](=O)[O-]. The summed E-state index contributed by atoms with van der Waals surface area (Å²) >= 11 is 0. The van der Waals surface area contributed by atoms with Crippen LogP contribution in [0.25, 0.3) is 0 Å². The van der Waals surface area contributed by atoms with Crippen LogP contribution in [-0.2, 0) is 16.1 Å². The predicted octanol–water partition coefficient (Wildman–Crippen LogP) is 2.81. The van der Waals surface area contributed by atoms with Crippen LogP contribution in [0, 0.1) is 17.0 Å². The Morgan fingerprint density at radius 3 is 2.44 bits per heavy atom. The van der Waals surface area contributed by atoms with Gasteiger partial charge in [-0.05, 0) is 31.5 Å². The third kappa shape index (κ3) is 5.27. The minimum atomic E-state index is -1.04. The van der Waals surface area contributed by atoms with E-state index in [2.05, 4.69) is 10.6 Å². The summed E-state index contributed by atoms with van der Waals surface area (Å²) in [7, 11) is 1.54. The Hall–Kier alpha value is -3.42. The van der Waals surface area contributed by atoms with Crippen LogP contribution in [0.2, 0.25) is 0 Å². The van der Waals surface area contributed by atoms with E-state index in [9.17, 15) is 19.7 Å². The zero-order valence-electron chi connectivity index (χ0n) is 15.3. The fraction of sp³-hybridized carbons (Fsp3) is 0.263. The highest BCUT2D eigenvalue weighted by Gasteiger charge is 2.22. The molecule has 0 aliphatic heterocycles. The second kappa shape index (κ2) is 8.79. The fourth-order valence-corrected chi connectivity index (χ4v) is 2.34. The van der Waals surface area contributed by atoms with E-state index in [-0.39, 0.29) is 16.9 Å². The quantitative estimate of drug-likeness (QED) is 0.440. The average Bonchev–Trinajstić information content (AvgIpc) is 2.66. The van der Waals surface area contributed by atoms with Gasteiger partial charge in [0.25, 0.3) is 11.6 Å². The monoisotopic (exact) mass is 371 g/mol. The van der Waals surface area contributed by atoms with E-state index in [1.54, 1.807) is 7.05 Å². The Balaban J connectivity index is 1.97. The number of benzene rings is 2. The number of hydrogen-bond acceptors (Lipinski definition) is 6. The predicted molar refractivity (Wildman–Crippen MR) is 101 cm³/mol. The van der Waals surface area contributed by atoms with Gasteiger partial charge in [-0.25, -0.2) is 4.79 Å². The maximum absolute atomic E-state index is 12.2. The molecule has 0 aromatic heterocycles. The summed E-state index contributed by atoms with van der Waals surface area (Å²) in [6.07, 6.45) is -1.04. The van der Waals surface area contributed by atoms with Gasteiger partial charge in [-0.2, -0.15) is 0 Å². The Morgan fingerprint density at radius 2 is 1.85 bits per heavy atom. The highest BCUT2D eigenvalue weighted by Crippen LogP contribution is 2.25. The van der Waals surface area contributed by atoms with E-state index in [1.807, 2.05) is 31.2 Å². The Morgan fingerprint density at radius 1 is 1.19 bits per heavy atom. The maximum atomic E-state index is 12.2. The molecule has 0 spiro atoms. The first-order chi connectivity index (χ1) is 12.8. The number of carbonyl (C=O) groups excluding carboxylic acids is 2. The molecular weight excluding hydrogens is 350 g/mol. The number of aryl methyl sites for hydroxylation is 1. The lowest BCUT2D eigenvalue weighted by Gasteiger charge is -2.14. The molecule has 8 nitrogen and oxygen atoms in total. The van der Waals surface area contributed by atoms with Crippen molar-refractivity contribution in [3.8, 4) is 0 Å². The molecule has 1 amide bonds. The van der Waals surface area contributed by atoms with Crippen LogP contribution in [0.3, 0.4) is 0 Å². The Kier molecular flexibility index (Phi) is 6.48. The highest BCUT2D eigenvalue weighted by molar-refractivity contribution is 5.93. The summed E-state index contributed by atoms with van der Waals surface area (Å²) in [5, 5.41) is 16.4. The molecule has 27 heavy (non-hydrogen) atoms. The third-order valence-electron chi connectivity index (χ3n) is 3.94. The van der Waals surface area contributed by atoms with Crippen molar-refractivity contribution < 1.29 is 19.2 Å². The first-order valence-corrected chi connectivity index (χ1v) is 8.32. The second-order valence-electron chi connectivity index (χ2n) is 5.99. The van der Waals surface area contributed by atoms with Crippen molar-refractivity contribution in [3.63, 3.8) is 0 Å². The molecular formula is C19H21N3O5. The lowest BCUT2D eigenvalue weighted by Crippen LogP contribution is -2.35. The molecule has 0 fully saturated rings. The average molecular weight is 371 g/mol. The molecule has 0 radical (unpaired) electrons. The molecule has 2 aromatic carbocycles. The smallest absolute Gasteiger partial charge is 0.339 e. The van der Waals surface area contributed by atoms with Crippen molar-refractivity contribution in [3.05, 3.63) is 69.3 Å². The first kappa shape index (κ1) is 19.9. The van der Waals surface area contributed by atoms with Crippen LogP contribution in [0.5, 0.6) is 0 Å². The number of anilines is 1. The van der Waals surface area contributed by atoms with Crippen LogP contribution < -0.4 is 10.6 Å². The minimum absolute atomic E-state index is 0.00103. The second-order valence-corrected chi connectivity index (χ2v) is 5.99. The molecule has 8 heteroatoms. The van der Waals surface area contributed by atoms with Crippen LogP contribution in [0.1, 0.15) is 28.4 Å². The molecule has 142 valence electrons. The molecule has 1 atom stereocenters. The van der Waals surface area contributed by atoms with Crippen molar-refractivity contribution >= 4 is 23.3 Å². The van der Waals surface area contributed by atoms with Gasteiger partial charge in [-0.3, -0.25) is 14.9 Å². The van der Waals surface area contributed by atoms with Crippen molar-refractivity contribution in [2.24, 2.45) is 0 Å². The van der Waals surface area contributed by atoms with Gasteiger partial charge in [-0.15, -0.1) is 0 Å². The summed E-state index contributed by atoms with van der Waals surface area (Å²) < 4.78 is 5.12. The highest BCUT2D eigenvalue weighted by atomic mass is 16.6. The minimum Gasteiger partial charge on any atom is -0.449 e. The number of hydrogen-bond donors (Lipinski definition) is 2. The molecule has 0 saturated heterocycles. The van der Waals surface area contributed by atoms with E-state index in [0.29, 0.717) is 6.54 Å². The Labute approximate surface area is 156 Å². The molecule has 0 bridgehead atoms. The van der Waals surface area contributed by atoms with Gasteiger partial charge in [0.2, 0.25) is 0 Å². The van der Waals surface area contributed by atoms with Crippen molar-refractivity contribution in [1.29, 1.82) is 0 Å². The zero-order valence-corrected chi connectivity index (χ0v) is 15.3. The van der Waals surface area contributed by atoms with Crippen LogP contribution >= 0.6 is 0 Å². The third-order valence-corrected chi connectivity index (χ3v) is 3.94. The molecule has 0 heterocycles. The summed E-state index contributed by atoms with van der Waals surface area (Å²) in [4.78, 5) is 34.8. The van der Waals surface area contributed by atoms with Crippen molar-refractivity contribution in [2.45, 2.75) is 26.5 Å². The molecule has 2 rings (SSSR count). The molecule has 2 N–H and O–H groups in total. The number of nitro benzene ring substituents is 1. The molecule has 2 aromatic rings. The molecule has 0 saturated carbocycles. The number of esters is 1. The van der Waals surface area contributed by atoms with E-state index in [0.717, 1.165) is 17.2 Å². The van der Waals surface area contributed by atoms with Gasteiger partial charge >= 0.3 is 5.97 Å². The number of carbonyl (C=O) groups is 2. The summed E-state index contributed by atoms with van der Waals surface area (Å²) in [5.74, 6) is -1.26. The van der Waals surface area contributed by atoms with Crippen LogP contribution in [0.4, 0.5) is 11.4 Å². The van der Waals surface area contributed by atoms with Crippen LogP contribution in [0.15, 0.2) is 42.5 Å². The topological polar surface area (TPSA) is 111 Å². The van der Waals surface area contributed by atoms with Gasteiger partial charge in [0.05, 0.1) is 10.5 Å². The number of nitrogens with one attached hydrogen (secondary N) is 2.